The van der Waals surface area contributed by atoms with Crippen molar-refractivity contribution in [1.29, 1.82) is 0 Å². The number of pyridine rings is 1. The zero-order valence-electron chi connectivity index (χ0n) is 12.9. The highest BCUT2D eigenvalue weighted by molar-refractivity contribution is 6.05. The van der Waals surface area contributed by atoms with Crippen molar-refractivity contribution >= 4 is 16.9 Å². The second-order valence-corrected chi connectivity index (χ2v) is 5.20. The number of aromatic nitrogens is 5. The number of rotatable bonds is 4. The maximum Gasteiger partial charge on any atom is 0.252 e. The number of nitrogens with one attached hydrogen (secondary N) is 1. The van der Waals surface area contributed by atoms with Crippen molar-refractivity contribution in [2.75, 3.05) is 0 Å². The van der Waals surface area contributed by atoms with Crippen molar-refractivity contribution in [3.63, 3.8) is 0 Å². The normalized spacial score (nSPS) is 11.0. The van der Waals surface area contributed by atoms with Crippen LogP contribution in [0.2, 0.25) is 0 Å². The molecule has 7 heteroatoms. The van der Waals surface area contributed by atoms with Gasteiger partial charge >= 0.3 is 0 Å². The average Bonchev–Trinajstić information content (AvgIpc) is 3.11. The summed E-state index contributed by atoms with van der Waals surface area (Å²) in [6.45, 7) is 5.15. The number of fused-ring (bicyclic) bond motifs is 1. The first-order valence-corrected chi connectivity index (χ1v) is 7.17. The van der Waals surface area contributed by atoms with Crippen LogP contribution in [-0.4, -0.2) is 30.5 Å². The quantitative estimate of drug-likeness (QED) is 0.790. The van der Waals surface area contributed by atoms with Crippen LogP contribution >= 0.6 is 0 Å². The average molecular weight is 298 g/mol. The van der Waals surface area contributed by atoms with E-state index in [1.807, 2.05) is 31.8 Å². The zero-order chi connectivity index (χ0) is 15.7. The molecule has 3 heterocycles. The van der Waals surface area contributed by atoms with Crippen LogP contribution in [0.5, 0.6) is 0 Å². The molecular weight excluding hydrogens is 280 g/mol. The van der Waals surface area contributed by atoms with Gasteiger partial charge in [0.25, 0.3) is 5.91 Å². The number of hydrogen-bond acceptors (Lipinski definition) is 4. The van der Waals surface area contributed by atoms with Crippen molar-refractivity contribution in [1.82, 2.24) is 29.9 Å². The molecular formula is C15H18N6O. The van der Waals surface area contributed by atoms with Crippen LogP contribution in [0, 0.1) is 6.92 Å². The van der Waals surface area contributed by atoms with Crippen LogP contribution in [0.3, 0.4) is 0 Å². The number of nitrogens with zero attached hydrogens (tertiary/aromatic N) is 5. The topological polar surface area (TPSA) is 77.6 Å². The van der Waals surface area contributed by atoms with Crippen molar-refractivity contribution < 1.29 is 4.79 Å². The zero-order valence-corrected chi connectivity index (χ0v) is 12.9. The van der Waals surface area contributed by atoms with Gasteiger partial charge in [-0.15, -0.1) is 0 Å². The Labute approximate surface area is 128 Å². The molecule has 0 saturated heterocycles. The molecule has 3 rings (SSSR count). The summed E-state index contributed by atoms with van der Waals surface area (Å²) < 4.78 is 3.50. The molecule has 0 atom stereocenters. The minimum atomic E-state index is -0.132. The van der Waals surface area contributed by atoms with Crippen molar-refractivity contribution in [3.8, 4) is 0 Å². The standard InChI is InChI=1S/C15H18N6O/c1-4-21-9-11(7-18-21)6-16-15(22)12-5-10(2)19-14-13(12)8-17-20(14)3/h5,7-9H,4,6H2,1-3H3,(H,16,22). The van der Waals surface area contributed by atoms with E-state index in [2.05, 4.69) is 20.5 Å². The summed E-state index contributed by atoms with van der Waals surface area (Å²) in [4.78, 5) is 16.9. The van der Waals surface area contributed by atoms with Gasteiger partial charge < -0.3 is 5.32 Å². The molecule has 0 fully saturated rings. The first kappa shape index (κ1) is 14.2. The van der Waals surface area contributed by atoms with E-state index >= 15 is 0 Å². The van der Waals surface area contributed by atoms with Gasteiger partial charge in [0.1, 0.15) is 0 Å². The Morgan fingerprint density at radius 2 is 2.14 bits per heavy atom. The van der Waals surface area contributed by atoms with E-state index in [1.54, 1.807) is 23.1 Å². The van der Waals surface area contributed by atoms with E-state index in [4.69, 9.17) is 0 Å². The first-order chi connectivity index (χ1) is 10.6. The van der Waals surface area contributed by atoms with Crippen molar-refractivity contribution in [3.05, 3.63) is 41.5 Å². The van der Waals surface area contributed by atoms with E-state index in [0.717, 1.165) is 23.2 Å². The highest BCUT2D eigenvalue weighted by Gasteiger charge is 2.14. The lowest BCUT2D eigenvalue weighted by molar-refractivity contribution is 0.0952. The molecule has 0 bridgehead atoms. The predicted molar refractivity (Wildman–Crippen MR) is 82.3 cm³/mol. The third-order valence-corrected chi connectivity index (χ3v) is 3.54. The van der Waals surface area contributed by atoms with Crippen LogP contribution in [0.4, 0.5) is 0 Å². The van der Waals surface area contributed by atoms with E-state index in [0.29, 0.717) is 17.8 Å². The fraction of sp³-hybridized carbons (Fsp3) is 0.333. The number of amides is 1. The summed E-state index contributed by atoms with van der Waals surface area (Å²) in [6, 6.07) is 1.79. The third-order valence-electron chi connectivity index (χ3n) is 3.54. The fourth-order valence-corrected chi connectivity index (χ4v) is 2.38. The molecule has 3 aromatic rings. The van der Waals surface area contributed by atoms with Gasteiger partial charge in [-0.1, -0.05) is 0 Å². The van der Waals surface area contributed by atoms with Gasteiger partial charge in [-0.05, 0) is 19.9 Å². The van der Waals surface area contributed by atoms with Crippen molar-refractivity contribution in [2.45, 2.75) is 26.9 Å². The molecule has 0 aliphatic rings. The summed E-state index contributed by atoms with van der Waals surface area (Å²) in [5, 5.41) is 12.1. The first-order valence-electron chi connectivity index (χ1n) is 7.17. The molecule has 0 spiro atoms. The van der Waals surface area contributed by atoms with E-state index in [9.17, 15) is 4.79 Å². The molecule has 0 aromatic carbocycles. The molecule has 0 aliphatic carbocycles. The number of hydrogen-bond donors (Lipinski definition) is 1. The van der Waals surface area contributed by atoms with Crippen LogP contribution in [-0.2, 0) is 20.1 Å². The van der Waals surface area contributed by atoms with Gasteiger partial charge in [-0.25, -0.2) is 4.98 Å². The van der Waals surface area contributed by atoms with E-state index in [1.165, 1.54) is 0 Å². The molecule has 0 radical (unpaired) electrons. The summed E-state index contributed by atoms with van der Waals surface area (Å²) in [6.07, 6.45) is 5.37. The fourth-order valence-electron chi connectivity index (χ4n) is 2.38. The smallest absolute Gasteiger partial charge is 0.252 e. The Bertz CT molecular complexity index is 832. The van der Waals surface area contributed by atoms with Gasteiger partial charge in [0.05, 0.1) is 23.3 Å². The van der Waals surface area contributed by atoms with Crippen LogP contribution in [0.1, 0.15) is 28.5 Å². The third kappa shape index (κ3) is 2.57. The SMILES string of the molecule is CCn1cc(CNC(=O)c2cc(C)nc3c2cnn3C)cn1. The molecule has 1 amide bonds. The second kappa shape index (κ2) is 5.59. The molecule has 114 valence electrons. The lowest BCUT2D eigenvalue weighted by Crippen LogP contribution is -2.23. The molecule has 0 unspecified atom stereocenters. The molecule has 22 heavy (non-hydrogen) atoms. The molecule has 3 aromatic heterocycles. The predicted octanol–water partition coefficient (Wildman–Crippen LogP) is 1.42. The van der Waals surface area contributed by atoms with E-state index in [-0.39, 0.29) is 5.91 Å². The maximum atomic E-state index is 12.5. The Morgan fingerprint density at radius 3 is 2.86 bits per heavy atom. The van der Waals surface area contributed by atoms with Gasteiger partial charge in [0.15, 0.2) is 5.65 Å². The van der Waals surface area contributed by atoms with Gasteiger partial charge in [0, 0.05) is 37.6 Å². The Kier molecular flexibility index (Phi) is 3.62. The van der Waals surface area contributed by atoms with Crippen LogP contribution in [0.25, 0.3) is 11.0 Å². The number of carbonyl (C=O) groups excluding carboxylic acids is 1. The Hall–Kier alpha value is -2.70. The lowest BCUT2D eigenvalue weighted by atomic mass is 10.1. The molecule has 0 aliphatic heterocycles. The van der Waals surface area contributed by atoms with Crippen molar-refractivity contribution in [2.24, 2.45) is 7.05 Å². The summed E-state index contributed by atoms with van der Waals surface area (Å²) >= 11 is 0. The molecule has 1 N–H and O–H groups in total. The molecule has 7 nitrogen and oxygen atoms in total. The molecule has 0 saturated carbocycles. The highest BCUT2D eigenvalue weighted by Crippen LogP contribution is 2.17. The summed E-state index contributed by atoms with van der Waals surface area (Å²) in [7, 11) is 1.82. The lowest BCUT2D eigenvalue weighted by Gasteiger charge is -2.06. The monoisotopic (exact) mass is 298 g/mol. The van der Waals surface area contributed by atoms with Crippen LogP contribution < -0.4 is 5.32 Å². The van der Waals surface area contributed by atoms with Gasteiger partial charge in [0.2, 0.25) is 0 Å². The highest BCUT2D eigenvalue weighted by atomic mass is 16.1. The van der Waals surface area contributed by atoms with Crippen LogP contribution in [0.15, 0.2) is 24.7 Å². The minimum Gasteiger partial charge on any atom is -0.348 e. The minimum absolute atomic E-state index is 0.132. The van der Waals surface area contributed by atoms with E-state index < -0.39 is 0 Å². The largest absolute Gasteiger partial charge is 0.348 e. The number of aryl methyl sites for hydroxylation is 3. The van der Waals surface area contributed by atoms with Gasteiger partial charge in [-0.3, -0.25) is 14.2 Å². The summed E-state index contributed by atoms with van der Waals surface area (Å²) in [5.41, 5.74) is 3.07. The Balaban J connectivity index is 1.83. The van der Waals surface area contributed by atoms with Gasteiger partial charge in [-0.2, -0.15) is 10.2 Å². The Morgan fingerprint density at radius 1 is 1.32 bits per heavy atom. The summed E-state index contributed by atoms with van der Waals surface area (Å²) in [5.74, 6) is -0.132. The second-order valence-electron chi connectivity index (χ2n) is 5.20. The number of carbonyl (C=O) groups is 1. The maximum absolute atomic E-state index is 12.5.